The standard InChI is InChI=1S/C12H18O4/c1-7-5-11(3,9(13)14)8(2)12(4,6-7)10(15)16/h5,8H,6H2,1-4H3,(H,13,14)(H,15,16). The number of carboxylic acid groups (broad SMARTS) is 2. The van der Waals surface area contributed by atoms with Crippen molar-refractivity contribution in [3.05, 3.63) is 11.6 Å². The van der Waals surface area contributed by atoms with Gasteiger partial charge in [0, 0.05) is 0 Å². The lowest BCUT2D eigenvalue weighted by molar-refractivity contribution is -0.161. The van der Waals surface area contributed by atoms with E-state index < -0.39 is 28.7 Å². The minimum absolute atomic E-state index is 0.409. The van der Waals surface area contributed by atoms with Crippen LogP contribution in [0.4, 0.5) is 0 Å². The molecule has 3 atom stereocenters. The fraction of sp³-hybridized carbons (Fsp3) is 0.667. The van der Waals surface area contributed by atoms with Crippen LogP contribution in [0, 0.1) is 16.7 Å². The largest absolute Gasteiger partial charge is 0.481 e. The Kier molecular flexibility index (Phi) is 2.88. The third-order valence-corrected chi connectivity index (χ3v) is 4.00. The number of allylic oxidation sites excluding steroid dienone is 1. The summed E-state index contributed by atoms with van der Waals surface area (Å²) in [7, 11) is 0. The fourth-order valence-electron chi connectivity index (χ4n) is 2.59. The zero-order valence-electron chi connectivity index (χ0n) is 10.1. The Morgan fingerprint density at radius 2 is 1.81 bits per heavy atom. The van der Waals surface area contributed by atoms with Crippen LogP contribution in [0.3, 0.4) is 0 Å². The smallest absolute Gasteiger partial charge is 0.313 e. The van der Waals surface area contributed by atoms with Crippen LogP contribution >= 0.6 is 0 Å². The molecule has 1 aliphatic carbocycles. The Morgan fingerprint density at radius 3 is 2.19 bits per heavy atom. The summed E-state index contributed by atoms with van der Waals surface area (Å²) in [6, 6.07) is 0. The van der Waals surface area contributed by atoms with Gasteiger partial charge in [-0.15, -0.1) is 0 Å². The van der Waals surface area contributed by atoms with Crippen molar-refractivity contribution in [3.8, 4) is 0 Å². The maximum absolute atomic E-state index is 11.3. The Labute approximate surface area is 95.0 Å². The lowest BCUT2D eigenvalue weighted by atomic mass is 9.58. The van der Waals surface area contributed by atoms with Gasteiger partial charge in [-0.25, -0.2) is 0 Å². The molecule has 1 aliphatic rings. The second-order valence-corrected chi connectivity index (χ2v) is 5.20. The molecule has 1 rings (SSSR count). The fourth-order valence-corrected chi connectivity index (χ4v) is 2.59. The molecule has 90 valence electrons. The van der Waals surface area contributed by atoms with Crippen molar-refractivity contribution >= 4 is 11.9 Å². The maximum atomic E-state index is 11.3. The van der Waals surface area contributed by atoms with Crippen molar-refractivity contribution in [2.45, 2.75) is 34.1 Å². The third-order valence-electron chi connectivity index (χ3n) is 4.00. The maximum Gasteiger partial charge on any atom is 0.313 e. The molecule has 0 saturated heterocycles. The number of carboxylic acids is 2. The van der Waals surface area contributed by atoms with Crippen LogP contribution in [0.15, 0.2) is 11.6 Å². The summed E-state index contributed by atoms with van der Waals surface area (Å²) >= 11 is 0. The van der Waals surface area contributed by atoms with E-state index >= 15 is 0 Å². The van der Waals surface area contributed by atoms with Gasteiger partial charge in [0.05, 0.1) is 10.8 Å². The number of carbonyl (C=O) groups is 2. The predicted octanol–water partition coefficient (Wildman–Crippen LogP) is 2.15. The molecule has 4 nitrogen and oxygen atoms in total. The van der Waals surface area contributed by atoms with Gasteiger partial charge < -0.3 is 10.2 Å². The highest BCUT2D eigenvalue weighted by molar-refractivity contribution is 5.82. The number of hydrogen-bond donors (Lipinski definition) is 2. The second-order valence-electron chi connectivity index (χ2n) is 5.20. The van der Waals surface area contributed by atoms with Gasteiger partial charge in [0.1, 0.15) is 0 Å². The average molecular weight is 226 g/mol. The molecule has 0 bridgehead atoms. The van der Waals surface area contributed by atoms with Gasteiger partial charge in [0.2, 0.25) is 0 Å². The molecule has 0 radical (unpaired) electrons. The highest BCUT2D eigenvalue weighted by Crippen LogP contribution is 2.50. The van der Waals surface area contributed by atoms with Crippen molar-refractivity contribution in [3.63, 3.8) is 0 Å². The summed E-state index contributed by atoms with van der Waals surface area (Å²) in [6.45, 7) is 6.70. The van der Waals surface area contributed by atoms with Crippen molar-refractivity contribution in [1.29, 1.82) is 0 Å². The van der Waals surface area contributed by atoms with E-state index in [4.69, 9.17) is 0 Å². The first-order valence-corrected chi connectivity index (χ1v) is 5.29. The summed E-state index contributed by atoms with van der Waals surface area (Å²) in [5, 5.41) is 18.5. The van der Waals surface area contributed by atoms with Crippen molar-refractivity contribution in [2.24, 2.45) is 16.7 Å². The van der Waals surface area contributed by atoms with Gasteiger partial charge in [-0.1, -0.05) is 18.6 Å². The molecule has 0 aromatic heterocycles. The minimum Gasteiger partial charge on any atom is -0.481 e. The molecule has 4 heteroatoms. The summed E-state index contributed by atoms with van der Waals surface area (Å²) in [4.78, 5) is 22.6. The van der Waals surface area contributed by atoms with Crippen LogP contribution < -0.4 is 0 Å². The van der Waals surface area contributed by atoms with E-state index in [-0.39, 0.29) is 0 Å². The van der Waals surface area contributed by atoms with Gasteiger partial charge in [0.15, 0.2) is 0 Å². The molecule has 0 fully saturated rings. The van der Waals surface area contributed by atoms with E-state index in [1.165, 1.54) is 0 Å². The monoisotopic (exact) mass is 226 g/mol. The molecule has 0 aromatic rings. The van der Waals surface area contributed by atoms with E-state index in [1.54, 1.807) is 33.8 Å². The molecule has 3 unspecified atom stereocenters. The van der Waals surface area contributed by atoms with Crippen molar-refractivity contribution in [2.75, 3.05) is 0 Å². The van der Waals surface area contributed by atoms with Crippen molar-refractivity contribution < 1.29 is 19.8 Å². The molecule has 0 aromatic carbocycles. The van der Waals surface area contributed by atoms with E-state index in [0.717, 1.165) is 5.57 Å². The van der Waals surface area contributed by atoms with Gasteiger partial charge in [-0.3, -0.25) is 9.59 Å². The Balaban J connectivity index is 3.32. The van der Waals surface area contributed by atoms with Crippen LogP contribution in [0.2, 0.25) is 0 Å². The Morgan fingerprint density at radius 1 is 1.31 bits per heavy atom. The predicted molar refractivity (Wildman–Crippen MR) is 59.0 cm³/mol. The highest BCUT2D eigenvalue weighted by Gasteiger charge is 2.53. The topological polar surface area (TPSA) is 74.6 Å². The minimum atomic E-state index is -1.10. The van der Waals surface area contributed by atoms with E-state index in [9.17, 15) is 19.8 Å². The van der Waals surface area contributed by atoms with Crippen LogP contribution in [0.1, 0.15) is 34.1 Å². The quantitative estimate of drug-likeness (QED) is 0.707. The summed E-state index contributed by atoms with van der Waals surface area (Å²) in [6.07, 6.45) is 2.09. The van der Waals surface area contributed by atoms with Gasteiger partial charge in [-0.05, 0) is 33.1 Å². The molecule has 0 saturated carbocycles. The second kappa shape index (κ2) is 3.61. The highest BCUT2D eigenvalue weighted by atomic mass is 16.4. The molecular formula is C12H18O4. The van der Waals surface area contributed by atoms with Crippen LogP contribution in [-0.2, 0) is 9.59 Å². The molecule has 0 amide bonds. The molecular weight excluding hydrogens is 208 g/mol. The Bertz CT molecular complexity index is 371. The van der Waals surface area contributed by atoms with E-state index in [1.807, 2.05) is 0 Å². The summed E-state index contributed by atoms with van der Waals surface area (Å²) < 4.78 is 0. The van der Waals surface area contributed by atoms with E-state index in [0.29, 0.717) is 6.42 Å². The summed E-state index contributed by atoms with van der Waals surface area (Å²) in [5.74, 6) is -2.34. The molecule has 0 aliphatic heterocycles. The zero-order valence-corrected chi connectivity index (χ0v) is 10.1. The van der Waals surface area contributed by atoms with Gasteiger partial charge >= 0.3 is 11.9 Å². The Hall–Kier alpha value is -1.32. The normalized spacial score (nSPS) is 39.0. The van der Waals surface area contributed by atoms with Gasteiger partial charge in [-0.2, -0.15) is 0 Å². The van der Waals surface area contributed by atoms with Crippen LogP contribution in [0.25, 0.3) is 0 Å². The first-order chi connectivity index (χ1) is 7.14. The third kappa shape index (κ3) is 1.62. The zero-order chi connectivity index (χ0) is 12.7. The van der Waals surface area contributed by atoms with Crippen LogP contribution in [0.5, 0.6) is 0 Å². The lowest BCUT2D eigenvalue weighted by Gasteiger charge is -2.44. The molecule has 2 N–H and O–H groups in total. The molecule has 0 heterocycles. The molecule has 0 spiro atoms. The van der Waals surface area contributed by atoms with Gasteiger partial charge in [0.25, 0.3) is 0 Å². The van der Waals surface area contributed by atoms with Crippen LogP contribution in [-0.4, -0.2) is 22.2 Å². The van der Waals surface area contributed by atoms with E-state index in [2.05, 4.69) is 0 Å². The first-order valence-electron chi connectivity index (χ1n) is 5.29. The van der Waals surface area contributed by atoms with Crippen molar-refractivity contribution in [1.82, 2.24) is 0 Å². The lowest BCUT2D eigenvalue weighted by Crippen LogP contribution is -2.48. The number of aliphatic carboxylic acids is 2. The first kappa shape index (κ1) is 12.7. The average Bonchev–Trinajstić information content (AvgIpc) is 2.13. The SMILES string of the molecule is CC1=CC(C)(C(=O)O)C(C)C(C)(C(=O)O)C1. The molecule has 16 heavy (non-hydrogen) atoms. The number of hydrogen-bond acceptors (Lipinski definition) is 2. The number of rotatable bonds is 2. The summed E-state index contributed by atoms with van der Waals surface area (Å²) in [5.41, 5.74) is -1.28.